The summed E-state index contributed by atoms with van der Waals surface area (Å²) in [4.78, 5) is 11.8. The van der Waals surface area contributed by atoms with Crippen molar-refractivity contribution in [1.29, 1.82) is 0 Å². The Hall–Kier alpha value is -0.520. The van der Waals surface area contributed by atoms with Crippen LogP contribution in [0, 0.1) is 0 Å². The van der Waals surface area contributed by atoms with E-state index in [-0.39, 0.29) is 5.91 Å². The Morgan fingerprint density at radius 3 is 2.78 bits per heavy atom. The van der Waals surface area contributed by atoms with Gasteiger partial charge in [0.25, 0.3) is 5.91 Å². The van der Waals surface area contributed by atoms with Crippen molar-refractivity contribution in [3.63, 3.8) is 0 Å². The molecule has 0 spiro atoms. The predicted octanol–water partition coefficient (Wildman–Crippen LogP) is 2.27. The molecule has 0 unspecified atom stereocenters. The molecule has 1 fully saturated rings. The fourth-order valence-electron chi connectivity index (χ4n) is 1.85. The molecular formula is C13H17BrN2OS. The molecule has 3 nitrogen and oxygen atoms in total. The van der Waals surface area contributed by atoms with E-state index in [0.29, 0.717) is 18.2 Å². The van der Waals surface area contributed by atoms with Gasteiger partial charge in [-0.15, -0.1) is 0 Å². The van der Waals surface area contributed by atoms with E-state index in [1.54, 1.807) is 0 Å². The average molecular weight is 329 g/mol. The molecule has 1 aromatic rings. The molecule has 1 aliphatic heterocycles. The number of hydrogen-bond donors (Lipinski definition) is 2. The third-order valence-corrected chi connectivity index (χ3v) is 4.57. The van der Waals surface area contributed by atoms with Crippen LogP contribution in [-0.4, -0.2) is 36.5 Å². The molecule has 0 bridgehead atoms. The SMILES string of the molecule is O=C(NCCN[C@@H]1CCSC1)c1ccc(Br)cc1. The van der Waals surface area contributed by atoms with E-state index in [4.69, 9.17) is 0 Å². The van der Waals surface area contributed by atoms with E-state index in [1.165, 1.54) is 17.9 Å². The molecule has 5 heteroatoms. The lowest BCUT2D eigenvalue weighted by atomic mass is 10.2. The van der Waals surface area contributed by atoms with Gasteiger partial charge in [-0.25, -0.2) is 0 Å². The molecule has 1 atom stereocenters. The highest BCUT2D eigenvalue weighted by Crippen LogP contribution is 2.16. The highest BCUT2D eigenvalue weighted by molar-refractivity contribution is 9.10. The van der Waals surface area contributed by atoms with Crippen LogP contribution in [0.25, 0.3) is 0 Å². The van der Waals surface area contributed by atoms with Gasteiger partial charge in [-0.2, -0.15) is 11.8 Å². The van der Waals surface area contributed by atoms with Gasteiger partial charge in [0.1, 0.15) is 0 Å². The van der Waals surface area contributed by atoms with Gasteiger partial charge >= 0.3 is 0 Å². The first-order valence-electron chi connectivity index (χ1n) is 6.10. The van der Waals surface area contributed by atoms with Crippen LogP contribution in [0.15, 0.2) is 28.7 Å². The number of thioether (sulfide) groups is 1. The first-order chi connectivity index (χ1) is 8.75. The Labute approximate surface area is 120 Å². The van der Waals surface area contributed by atoms with Crippen molar-refractivity contribution in [2.45, 2.75) is 12.5 Å². The maximum absolute atomic E-state index is 11.8. The van der Waals surface area contributed by atoms with E-state index in [1.807, 2.05) is 36.0 Å². The summed E-state index contributed by atoms with van der Waals surface area (Å²) in [7, 11) is 0. The zero-order chi connectivity index (χ0) is 12.8. The maximum atomic E-state index is 11.8. The second-order valence-electron chi connectivity index (χ2n) is 4.28. The molecule has 98 valence electrons. The number of halogens is 1. The first-order valence-corrected chi connectivity index (χ1v) is 8.05. The number of carbonyl (C=O) groups is 1. The van der Waals surface area contributed by atoms with Crippen molar-refractivity contribution < 1.29 is 4.79 Å². The molecular weight excluding hydrogens is 312 g/mol. The van der Waals surface area contributed by atoms with Gasteiger partial charge < -0.3 is 10.6 Å². The number of hydrogen-bond acceptors (Lipinski definition) is 3. The Morgan fingerprint density at radius 1 is 1.33 bits per heavy atom. The third kappa shape index (κ3) is 4.30. The Balaban J connectivity index is 1.66. The first kappa shape index (κ1) is 13.9. The highest BCUT2D eigenvalue weighted by Gasteiger charge is 2.13. The number of benzene rings is 1. The summed E-state index contributed by atoms with van der Waals surface area (Å²) in [5, 5.41) is 6.37. The zero-order valence-corrected chi connectivity index (χ0v) is 12.5. The van der Waals surface area contributed by atoms with Crippen molar-refractivity contribution >= 4 is 33.6 Å². The normalized spacial score (nSPS) is 18.8. The summed E-state index contributed by atoms with van der Waals surface area (Å²) in [6, 6.07) is 8.02. The number of rotatable bonds is 5. The molecule has 1 saturated heterocycles. The summed E-state index contributed by atoms with van der Waals surface area (Å²) in [6.07, 6.45) is 1.24. The highest BCUT2D eigenvalue weighted by atomic mass is 79.9. The van der Waals surface area contributed by atoms with Gasteiger partial charge in [-0.05, 0) is 36.4 Å². The van der Waals surface area contributed by atoms with E-state index in [9.17, 15) is 4.79 Å². The molecule has 0 radical (unpaired) electrons. The van der Waals surface area contributed by atoms with Crippen LogP contribution in [0.1, 0.15) is 16.8 Å². The molecule has 1 aliphatic rings. The van der Waals surface area contributed by atoms with Gasteiger partial charge in [-0.3, -0.25) is 4.79 Å². The lowest BCUT2D eigenvalue weighted by Crippen LogP contribution is -2.37. The fraction of sp³-hybridized carbons (Fsp3) is 0.462. The van der Waals surface area contributed by atoms with Crippen LogP contribution in [-0.2, 0) is 0 Å². The smallest absolute Gasteiger partial charge is 0.251 e. The minimum atomic E-state index is -0.00917. The van der Waals surface area contributed by atoms with Crippen LogP contribution in [0.4, 0.5) is 0 Å². The van der Waals surface area contributed by atoms with Crippen LogP contribution in [0.3, 0.4) is 0 Å². The van der Waals surface area contributed by atoms with E-state index >= 15 is 0 Å². The minimum absolute atomic E-state index is 0.00917. The second kappa shape index (κ2) is 7.16. The standard InChI is InChI=1S/C13H17BrN2OS/c14-11-3-1-10(2-4-11)13(17)16-7-6-15-12-5-8-18-9-12/h1-4,12,15H,5-9H2,(H,16,17)/t12-/m1/s1. The van der Waals surface area contributed by atoms with Crippen LogP contribution in [0.2, 0.25) is 0 Å². The quantitative estimate of drug-likeness (QED) is 0.815. The summed E-state index contributed by atoms with van der Waals surface area (Å²) >= 11 is 5.34. The van der Waals surface area contributed by atoms with Crippen molar-refractivity contribution in [3.05, 3.63) is 34.3 Å². The molecule has 1 heterocycles. The van der Waals surface area contributed by atoms with Gasteiger partial charge in [0.2, 0.25) is 0 Å². The molecule has 1 aromatic carbocycles. The Bertz CT molecular complexity index is 390. The largest absolute Gasteiger partial charge is 0.351 e. The minimum Gasteiger partial charge on any atom is -0.351 e. The Morgan fingerprint density at radius 2 is 2.11 bits per heavy atom. The van der Waals surface area contributed by atoms with Gasteiger partial charge in [0.15, 0.2) is 0 Å². The van der Waals surface area contributed by atoms with Crippen molar-refractivity contribution in [3.8, 4) is 0 Å². The molecule has 1 amide bonds. The van der Waals surface area contributed by atoms with Crippen molar-refractivity contribution in [1.82, 2.24) is 10.6 Å². The molecule has 2 N–H and O–H groups in total. The number of nitrogens with one attached hydrogen (secondary N) is 2. The van der Waals surface area contributed by atoms with Gasteiger partial charge in [-0.1, -0.05) is 15.9 Å². The topological polar surface area (TPSA) is 41.1 Å². The maximum Gasteiger partial charge on any atom is 0.251 e. The lowest BCUT2D eigenvalue weighted by Gasteiger charge is -2.11. The lowest BCUT2D eigenvalue weighted by molar-refractivity contribution is 0.0953. The van der Waals surface area contributed by atoms with Crippen molar-refractivity contribution in [2.24, 2.45) is 0 Å². The predicted molar refractivity (Wildman–Crippen MR) is 80.2 cm³/mol. The summed E-state index contributed by atoms with van der Waals surface area (Å²) < 4.78 is 0.986. The molecule has 0 aliphatic carbocycles. The second-order valence-corrected chi connectivity index (χ2v) is 6.34. The van der Waals surface area contributed by atoms with E-state index < -0.39 is 0 Å². The monoisotopic (exact) mass is 328 g/mol. The molecule has 0 aromatic heterocycles. The van der Waals surface area contributed by atoms with E-state index in [2.05, 4.69) is 26.6 Å². The summed E-state index contributed by atoms with van der Waals surface area (Å²) in [5.41, 5.74) is 0.703. The van der Waals surface area contributed by atoms with Gasteiger partial charge in [0, 0.05) is 34.9 Å². The third-order valence-electron chi connectivity index (χ3n) is 2.88. The number of carbonyl (C=O) groups excluding carboxylic acids is 1. The zero-order valence-electron chi connectivity index (χ0n) is 10.1. The van der Waals surface area contributed by atoms with Crippen LogP contribution in [0.5, 0.6) is 0 Å². The van der Waals surface area contributed by atoms with Crippen LogP contribution < -0.4 is 10.6 Å². The average Bonchev–Trinajstić information content (AvgIpc) is 2.88. The summed E-state index contributed by atoms with van der Waals surface area (Å²) in [5.74, 6) is 2.44. The molecule has 2 rings (SSSR count). The van der Waals surface area contributed by atoms with E-state index in [0.717, 1.165) is 11.0 Å². The fourth-order valence-corrected chi connectivity index (χ4v) is 3.30. The number of amides is 1. The van der Waals surface area contributed by atoms with Crippen molar-refractivity contribution in [2.75, 3.05) is 24.6 Å². The Kier molecular flexibility index (Phi) is 5.53. The summed E-state index contributed by atoms with van der Waals surface area (Å²) in [6.45, 7) is 1.52. The van der Waals surface area contributed by atoms with Gasteiger partial charge in [0.05, 0.1) is 0 Å². The molecule has 18 heavy (non-hydrogen) atoms. The van der Waals surface area contributed by atoms with Crippen LogP contribution >= 0.6 is 27.7 Å². The molecule has 0 saturated carbocycles.